The van der Waals surface area contributed by atoms with Gasteiger partial charge in [-0.05, 0) is 0 Å². The summed E-state index contributed by atoms with van der Waals surface area (Å²) in [5, 5.41) is 8.39. The van der Waals surface area contributed by atoms with E-state index in [1.54, 1.807) is 4.18 Å². The predicted molar refractivity (Wildman–Crippen MR) is 117 cm³/mol. The molecule has 0 bridgehead atoms. The molecule has 0 spiro atoms. The zero-order valence-corrected chi connectivity index (χ0v) is 16.8. The molecule has 4 aromatic carbocycles. The van der Waals surface area contributed by atoms with Crippen LogP contribution in [0.15, 0.2) is 102 Å². The van der Waals surface area contributed by atoms with Crippen molar-refractivity contribution in [3.05, 3.63) is 102 Å². The average Bonchev–Trinajstić information content (AvgIpc) is 3.23. The van der Waals surface area contributed by atoms with Gasteiger partial charge in [0.1, 0.15) is 0 Å². The molecule has 124 valence electrons. The molecule has 0 atom stereocenters. The van der Waals surface area contributed by atoms with Crippen molar-refractivity contribution >= 4 is 58.8 Å². The first-order valence-corrected chi connectivity index (χ1v) is 11.9. The summed E-state index contributed by atoms with van der Waals surface area (Å²) in [6.07, 6.45) is 0. The van der Waals surface area contributed by atoms with Gasteiger partial charge in [-0.3, -0.25) is 0 Å². The maximum atomic E-state index is 2.36. The van der Waals surface area contributed by atoms with Gasteiger partial charge in [0, 0.05) is 0 Å². The minimum atomic E-state index is -0.525. The topological polar surface area (TPSA) is 0 Å². The maximum absolute atomic E-state index is 2.36. The Kier molecular flexibility index (Phi) is 4.23. The van der Waals surface area contributed by atoms with Gasteiger partial charge in [0.25, 0.3) is 0 Å². The number of fused-ring (bicyclic) bond motifs is 2. The molecular weight excluding hydrogens is 398 g/mol. The van der Waals surface area contributed by atoms with Gasteiger partial charge >= 0.3 is 161 Å². The number of rotatable bonds is 3. The fourth-order valence-corrected chi connectivity index (χ4v) is 9.17. The van der Waals surface area contributed by atoms with Gasteiger partial charge in [-0.15, -0.1) is 0 Å². The van der Waals surface area contributed by atoms with E-state index in [-0.39, 0.29) is 0 Å². The van der Waals surface area contributed by atoms with Crippen LogP contribution in [0.2, 0.25) is 0 Å². The summed E-state index contributed by atoms with van der Waals surface area (Å²) in [4.78, 5) is 2.34. The van der Waals surface area contributed by atoms with E-state index < -0.39 is 7.92 Å². The van der Waals surface area contributed by atoms with Crippen LogP contribution in [0.1, 0.15) is 0 Å². The van der Waals surface area contributed by atoms with Gasteiger partial charge in [0.2, 0.25) is 0 Å². The molecule has 0 aliphatic heterocycles. The number of benzene rings is 4. The van der Waals surface area contributed by atoms with Crippen molar-refractivity contribution in [1.82, 2.24) is 0 Å². The van der Waals surface area contributed by atoms with Crippen LogP contribution in [-0.4, -0.2) is 14.5 Å². The molecule has 0 aliphatic rings. The molecular formula is C24H17PSe. The summed E-state index contributed by atoms with van der Waals surface area (Å²) in [6.45, 7) is 0. The molecule has 5 aromatic rings. The molecule has 5 rings (SSSR count). The van der Waals surface area contributed by atoms with Crippen molar-refractivity contribution < 1.29 is 0 Å². The molecule has 0 fully saturated rings. The van der Waals surface area contributed by atoms with Crippen LogP contribution in [-0.2, 0) is 0 Å². The first-order chi connectivity index (χ1) is 12.9. The first kappa shape index (κ1) is 16.0. The predicted octanol–water partition coefficient (Wildman–Crippen LogP) is 4.81. The van der Waals surface area contributed by atoms with Crippen LogP contribution in [0.4, 0.5) is 0 Å². The first-order valence-electron chi connectivity index (χ1n) is 8.71. The summed E-state index contributed by atoms with van der Waals surface area (Å²) in [7, 11) is -0.525. The minimum absolute atomic E-state index is 0.444. The Labute approximate surface area is 160 Å². The van der Waals surface area contributed by atoms with E-state index in [4.69, 9.17) is 0 Å². The molecule has 0 aliphatic carbocycles. The second kappa shape index (κ2) is 6.86. The van der Waals surface area contributed by atoms with E-state index in [1.807, 2.05) is 0 Å². The van der Waals surface area contributed by atoms with Gasteiger partial charge < -0.3 is 0 Å². The summed E-state index contributed by atoms with van der Waals surface area (Å²) < 4.78 is 1.60. The Bertz CT molecular complexity index is 1100. The number of hydrogen-bond acceptors (Lipinski definition) is 0. The molecule has 26 heavy (non-hydrogen) atoms. The number of hydrogen-bond donors (Lipinski definition) is 0. The summed E-state index contributed by atoms with van der Waals surface area (Å²) in [5.41, 5.74) is 0. The van der Waals surface area contributed by atoms with Gasteiger partial charge in [-0.2, -0.15) is 0 Å². The molecule has 0 amide bonds. The van der Waals surface area contributed by atoms with E-state index in [9.17, 15) is 0 Å². The molecule has 0 N–H and O–H groups in total. The van der Waals surface area contributed by atoms with Crippen LogP contribution < -0.4 is 14.8 Å². The molecule has 0 saturated heterocycles. The van der Waals surface area contributed by atoms with Gasteiger partial charge in [-0.1, -0.05) is 0 Å². The van der Waals surface area contributed by atoms with Crippen molar-refractivity contribution in [1.29, 1.82) is 0 Å². The average molecular weight is 415 g/mol. The van der Waals surface area contributed by atoms with Gasteiger partial charge in [0.05, 0.1) is 0 Å². The van der Waals surface area contributed by atoms with Crippen LogP contribution in [0.3, 0.4) is 0 Å². The SMILES string of the molecule is c1c[se]c(P(c2cccc3ccccc23)c2cccc3ccccc23)c1. The van der Waals surface area contributed by atoms with E-state index >= 15 is 0 Å². The van der Waals surface area contributed by atoms with E-state index in [0.29, 0.717) is 14.5 Å². The fourth-order valence-electron chi connectivity index (χ4n) is 3.57. The molecule has 0 nitrogen and oxygen atoms in total. The van der Waals surface area contributed by atoms with Crippen molar-refractivity contribution in [3.63, 3.8) is 0 Å². The van der Waals surface area contributed by atoms with E-state index in [0.717, 1.165) is 0 Å². The Morgan fingerprint density at radius 1 is 0.500 bits per heavy atom. The third-order valence-electron chi connectivity index (χ3n) is 4.74. The Balaban J connectivity index is 1.85. The van der Waals surface area contributed by atoms with Crippen LogP contribution in [0.5, 0.6) is 0 Å². The van der Waals surface area contributed by atoms with Gasteiger partial charge in [-0.25, -0.2) is 0 Å². The molecule has 0 radical (unpaired) electrons. The van der Waals surface area contributed by atoms with Crippen molar-refractivity contribution in [3.8, 4) is 0 Å². The van der Waals surface area contributed by atoms with Crippen molar-refractivity contribution in [2.75, 3.05) is 0 Å². The Morgan fingerprint density at radius 2 is 1.04 bits per heavy atom. The second-order valence-electron chi connectivity index (χ2n) is 6.28. The zero-order chi connectivity index (χ0) is 17.3. The quantitative estimate of drug-likeness (QED) is 0.293. The molecule has 2 heteroatoms. The summed E-state index contributed by atoms with van der Waals surface area (Å²) in [5.74, 6) is 0. The van der Waals surface area contributed by atoms with E-state index in [1.165, 1.54) is 32.2 Å². The van der Waals surface area contributed by atoms with Crippen LogP contribution in [0, 0.1) is 0 Å². The fraction of sp³-hybridized carbons (Fsp3) is 0. The van der Waals surface area contributed by atoms with Crippen molar-refractivity contribution in [2.45, 2.75) is 0 Å². The Morgan fingerprint density at radius 3 is 1.58 bits per heavy atom. The molecule has 0 saturated carbocycles. The monoisotopic (exact) mass is 416 g/mol. The molecule has 0 unspecified atom stereocenters. The zero-order valence-electron chi connectivity index (χ0n) is 14.2. The standard InChI is InChI=1S/C24H17PSe/c1-3-12-20-18(8-1)10-5-14-22(20)25(24-16-7-17-26-24)23-15-6-11-19-9-2-4-13-21(19)23/h1-17H. The van der Waals surface area contributed by atoms with E-state index in [2.05, 4.69) is 102 Å². The van der Waals surface area contributed by atoms with Crippen LogP contribution in [0.25, 0.3) is 21.5 Å². The van der Waals surface area contributed by atoms with Crippen molar-refractivity contribution in [2.24, 2.45) is 0 Å². The summed E-state index contributed by atoms with van der Waals surface area (Å²) >= 11 is 0.444. The normalized spacial score (nSPS) is 11.4. The van der Waals surface area contributed by atoms with Gasteiger partial charge in [0.15, 0.2) is 0 Å². The Hall–Kier alpha value is -2.17. The second-order valence-corrected chi connectivity index (χ2v) is 11.1. The third-order valence-corrected chi connectivity index (χ3v) is 10.2. The molecule has 1 aromatic heterocycles. The summed E-state index contributed by atoms with van der Waals surface area (Å²) in [6, 6.07) is 35.7. The third kappa shape index (κ3) is 2.74. The van der Waals surface area contributed by atoms with Crippen LogP contribution >= 0.6 is 7.92 Å². The molecule has 1 heterocycles.